The average molecular weight is 252 g/mol. The Hall–Kier alpha value is -2.31. The number of carbonyl (C=O) groups excluding carboxylic acids is 1. The topological polar surface area (TPSA) is 99.8 Å². The predicted octanol–water partition coefficient (Wildman–Crippen LogP) is -0.114. The average Bonchev–Trinajstić information content (AvgIpc) is 2.28. The molecule has 0 aromatic carbocycles. The normalized spacial score (nSPS) is 9.94. The zero-order valence-electron chi connectivity index (χ0n) is 10.5. The van der Waals surface area contributed by atoms with Gasteiger partial charge in [0.2, 0.25) is 5.91 Å². The third kappa shape index (κ3) is 3.09. The number of nitrogens with two attached hydrogens (primary N) is 1. The summed E-state index contributed by atoms with van der Waals surface area (Å²) in [6, 6.07) is 2.78. The van der Waals surface area contributed by atoms with Crippen LogP contribution in [0.5, 0.6) is 0 Å². The Morgan fingerprint density at radius 3 is 2.44 bits per heavy atom. The second kappa shape index (κ2) is 5.35. The van der Waals surface area contributed by atoms with E-state index in [1.54, 1.807) is 21.1 Å². The number of carbonyl (C=O) groups is 2. The molecule has 18 heavy (non-hydrogen) atoms. The molecule has 0 aliphatic carbocycles. The Morgan fingerprint density at radius 1 is 1.33 bits per heavy atom. The number of likely N-dealkylation sites (N-methyl/N-ethyl adjacent to an activating group) is 2. The number of aromatic nitrogens is 1. The molecule has 1 rings (SSSR count). The number of nitrogen functional groups attached to an aromatic ring is 1. The summed E-state index contributed by atoms with van der Waals surface area (Å²) in [6.07, 6.45) is 0. The van der Waals surface area contributed by atoms with E-state index in [9.17, 15) is 9.59 Å². The van der Waals surface area contributed by atoms with E-state index in [0.717, 1.165) is 0 Å². The number of hydrogen-bond acceptors (Lipinski definition) is 5. The molecule has 0 fully saturated rings. The number of amides is 1. The van der Waals surface area contributed by atoms with Gasteiger partial charge in [-0.15, -0.1) is 0 Å². The molecule has 0 unspecified atom stereocenters. The van der Waals surface area contributed by atoms with Crippen LogP contribution in [-0.2, 0) is 4.79 Å². The Morgan fingerprint density at radius 2 is 1.94 bits per heavy atom. The van der Waals surface area contributed by atoms with Crippen LogP contribution in [0.1, 0.15) is 10.5 Å². The lowest BCUT2D eigenvalue weighted by Crippen LogP contribution is -2.35. The molecule has 0 radical (unpaired) electrons. The molecular weight excluding hydrogens is 236 g/mol. The first-order chi connectivity index (χ1) is 8.32. The van der Waals surface area contributed by atoms with Crippen LogP contribution in [0.15, 0.2) is 12.1 Å². The first kappa shape index (κ1) is 13.8. The first-order valence-corrected chi connectivity index (χ1v) is 5.24. The van der Waals surface area contributed by atoms with E-state index in [1.807, 2.05) is 0 Å². The van der Waals surface area contributed by atoms with E-state index >= 15 is 0 Å². The van der Waals surface area contributed by atoms with Crippen LogP contribution in [0.4, 0.5) is 11.5 Å². The van der Waals surface area contributed by atoms with Gasteiger partial charge >= 0.3 is 5.97 Å². The molecule has 0 spiro atoms. The van der Waals surface area contributed by atoms with Crippen LogP contribution in [0, 0.1) is 0 Å². The van der Waals surface area contributed by atoms with Gasteiger partial charge in [-0.25, -0.2) is 9.78 Å². The number of hydrogen-bond donors (Lipinski definition) is 2. The lowest BCUT2D eigenvalue weighted by molar-refractivity contribution is -0.127. The van der Waals surface area contributed by atoms with Crippen molar-refractivity contribution in [2.75, 3.05) is 38.3 Å². The lowest BCUT2D eigenvalue weighted by atomic mass is 10.3. The van der Waals surface area contributed by atoms with Gasteiger partial charge in [0.05, 0.1) is 12.2 Å². The van der Waals surface area contributed by atoms with E-state index in [0.29, 0.717) is 5.69 Å². The minimum absolute atomic E-state index is 0.0767. The number of pyridine rings is 1. The van der Waals surface area contributed by atoms with Crippen LogP contribution in [0.25, 0.3) is 0 Å². The summed E-state index contributed by atoms with van der Waals surface area (Å²) < 4.78 is 0. The minimum Gasteiger partial charge on any atom is -0.477 e. The molecule has 7 heteroatoms. The minimum atomic E-state index is -1.14. The molecule has 0 saturated carbocycles. The smallest absolute Gasteiger partial charge is 0.354 e. The Labute approximate surface area is 105 Å². The van der Waals surface area contributed by atoms with Crippen molar-refractivity contribution in [1.82, 2.24) is 9.88 Å². The maximum Gasteiger partial charge on any atom is 0.354 e. The molecule has 7 nitrogen and oxygen atoms in total. The highest BCUT2D eigenvalue weighted by molar-refractivity contribution is 5.87. The highest BCUT2D eigenvalue weighted by atomic mass is 16.4. The summed E-state index contributed by atoms with van der Waals surface area (Å²) in [6.45, 7) is 0.0767. The fraction of sp³-hybridized carbons (Fsp3) is 0.364. The van der Waals surface area contributed by atoms with Crippen LogP contribution in [-0.4, -0.2) is 54.6 Å². The summed E-state index contributed by atoms with van der Waals surface area (Å²) >= 11 is 0. The van der Waals surface area contributed by atoms with Crippen molar-refractivity contribution in [3.05, 3.63) is 17.8 Å². The molecule has 1 aromatic rings. The number of aromatic carboxylic acids is 1. The van der Waals surface area contributed by atoms with Gasteiger partial charge in [0.1, 0.15) is 0 Å². The van der Waals surface area contributed by atoms with E-state index in [1.165, 1.54) is 21.9 Å². The maximum atomic E-state index is 11.6. The van der Waals surface area contributed by atoms with Gasteiger partial charge in [-0.2, -0.15) is 0 Å². The largest absolute Gasteiger partial charge is 0.477 e. The first-order valence-electron chi connectivity index (χ1n) is 5.24. The van der Waals surface area contributed by atoms with Crippen molar-refractivity contribution in [2.45, 2.75) is 0 Å². The van der Waals surface area contributed by atoms with Crippen molar-refractivity contribution in [1.29, 1.82) is 0 Å². The molecule has 0 bridgehead atoms. The van der Waals surface area contributed by atoms with Crippen molar-refractivity contribution in [3.63, 3.8) is 0 Å². The number of carboxylic acids is 1. The van der Waals surface area contributed by atoms with E-state index in [4.69, 9.17) is 10.8 Å². The Kier molecular flexibility index (Phi) is 4.09. The van der Waals surface area contributed by atoms with Gasteiger partial charge in [0.15, 0.2) is 11.5 Å². The fourth-order valence-electron chi connectivity index (χ4n) is 1.30. The number of carboxylic acid groups (broad SMARTS) is 1. The van der Waals surface area contributed by atoms with Crippen LogP contribution >= 0.6 is 0 Å². The number of nitrogens with zero attached hydrogens (tertiary/aromatic N) is 3. The molecule has 1 aromatic heterocycles. The van der Waals surface area contributed by atoms with E-state index in [2.05, 4.69) is 4.98 Å². The summed E-state index contributed by atoms with van der Waals surface area (Å²) in [5.41, 5.74) is 5.94. The SMILES string of the molecule is CN(C)C(=O)CN(C)c1nc(C(=O)O)ccc1N. The van der Waals surface area contributed by atoms with E-state index in [-0.39, 0.29) is 24.0 Å². The van der Waals surface area contributed by atoms with Crippen molar-refractivity contribution >= 4 is 23.4 Å². The Bertz CT molecular complexity index is 473. The fourth-order valence-corrected chi connectivity index (χ4v) is 1.30. The highest BCUT2D eigenvalue weighted by Gasteiger charge is 2.15. The van der Waals surface area contributed by atoms with Gasteiger partial charge in [-0.3, -0.25) is 4.79 Å². The second-order valence-corrected chi connectivity index (χ2v) is 4.06. The third-order valence-corrected chi connectivity index (χ3v) is 2.36. The zero-order valence-corrected chi connectivity index (χ0v) is 10.5. The quantitative estimate of drug-likeness (QED) is 0.775. The molecule has 0 aliphatic heterocycles. The van der Waals surface area contributed by atoms with Crippen molar-refractivity contribution < 1.29 is 14.7 Å². The summed E-state index contributed by atoms with van der Waals surface area (Å²) in [5, 5.41) is 8.86. The maximum absolute atomic E-state index is 11.6. The molecule has 1 heterocycles. The molecule has 0 aliphatic rings. The number of anilines is 2. The molecular formula is C11H16N4O3. The molecule has 1 amide bonds. The standard InChI is InChI=1S/C11H16N4O3/c1-14(2)9(16)6-15(3)10-7(12)4-5-8(13-10)11(17)18/h4-5H,6,12H2,1-3H3,(H,17,18). The molecule has 0 atom stereocenters. The van der Waals surface area contributed by atoms with Crippen LogP contribution in [0.3, 0.4) is 0 Å². The summed E-state index contributed by atoms with van der Waals surface area (Å²) in [5.74, 6) is -0.979. The van der Waals surface area contributed by atoms with Gasteiger partial charge < -0.3 is 20.6 Å². The van der Waals surface area contributed by atoms with Crippen LogP contribution in [0.2, 0.25) is 0 Å². The summed E-state index contributed by atoms with van der Waals surface area (Å²) in [7, 11) is 4.91. The zero-order chi connectivity index (χ0) is 13.9. The monoisotopic (exact) mass is 252 g/mol. The molecule has 3 N–H and O–H groups in total. The molecule has 0 saturated heterocycles. The number of rotatable bonds is 4. The Balaban J connectivity index is 2.97. The van der Waals surface area contributed by atoms with Gasteiger partial charge in [-0.05, 0) is 12.1 Å². The van der Waals surface area contributed by atoms with Gasteiger partial charge in [-0.1, -0.05) is 0 Å². The lowest BCUT2D eigenvalue weighted by Gasteiger charge is -2.21. The predicted molar refractivity (Wildman–Crippen MR) is 67.6 cm³/mol. The van der Waals surface area contributed by atoms with E-state index < -0.39 is 5.97 Å². The van der Waals surface area contributed by atoms with Crippen molar-refractivity contribution in [3.8, 4) is 0 Å². The second-order valence-electron chi connectivity index (χ2n) is 4.06. The molecule has 98 valence electrons. The highest BCUT2D eigenvalue weighted by Crippen LogP contribution is 2.19. The van der Waals surface area contributed by atoms with Crippen molar-refractivity contribution in [2.24, 2.45) is 0 Å². The van der Waals surface area contributed by atoms with Gasteiger partial charge in [0, 0.05) is 21.1 Å². The van der Waals surface area contributed by atoms with Gasteiger partial charge in [0.25, 0.3) is 0 Å². The van der Waals surface area contributed by atoms with Crippen LogP contribution < -0.4 is 10.6 Å². The third-order valence-electron chi connectivity index (χ3n) is 2.36. The summed E-state index contributed by atoms with van der Waals surface area (Å²) in [4.78, 5) is 29.2.